The number of nitrogens with zero attached hydrogens (tertiary/aromatic N) is 1. The lowest BCUT2D eigenvalue weighted by atomic mass is 9.96. The van der Waals surface area contributed by atoms with E-state index < -0.39 is 0 Å². The summed E-state index contributed by atoms with van der Waals surface area (Å²) >= 11 is 0. The summed E-state index contributed by atoms with van der Waals surface area (Å²) in [6.45, 7) is 4.12. The molecule has 108 valence electrons. The van der Waals surface area contributed by atoms with Crippen molar-refractivity contribution in [3.8, 4) is 0 Å². The van der Waals surface area contributed by atoms with Gasteiger partial charge < -0.3 is 20.7 Å². The molecule has 6 nitrogen and oxygen atoms in total. The first-order valence-corrected chi connectivity index (χ1v) is 7.00. The molecule has 2 rings (SSSR count). The third-order valence-electron chi connectivity index (χ3n) is 3.52. The van der Waals surface area contributed by atoms with Crippen molar-refractivity contribution in [3.05, 3.63) is 0 Å². The normalized spacial score (nSPS) is 29.7. The van der Waals surface area contributed by atoms with E-state index in [0.29, 0.717) is 24.2 Å². The molecule has 6 heteroatoms. The number of rotatable bonds is 4. The minimum absolute atomic E-state index is 0.0258. The minimum atomic E-state index is -0.0258. The number of hydrogen-bond donors (Lipinski definition) is 3. The van der Waals surface area contributed by atoms with Crippen molar-refractivity contribution < 1.29 is 9.53 Å². The van der Waals surface area contributed by atoms with Crippen molar-refractivity contribution in [1.82, 2.24) is 16.0 Å². The molecule has 0 aromatic rings. The van der Waals surface area contributed by atoms with Gasteiger partial charge in [-0.05, 0) is 33.1 Å². The summed E-state index contributed by atoms with van der Waals surface area (Å²) in [4.78, 5) is 15.7. The van der Waals surface area contributed by atoms with Crippen LogP contribution in [0.2, 0.25) is 0 Å². The summed E-state index contributed by atoms with van der Waals surface area (Å²) in [6, 6.07) is 0.473. The van der Waals surface area contributed by atoms with Crippen molar-refractivity contribution in [1.29, 1.82) is 0 Å². The molecule has 3 unspecified atom stereocenters. The molecule has 2 aliphatic heterocycles. The van der Waals surface area contributed by atoms with Gasteiger partial charge in [-0.3, -0.25) is 9.79 Å². The molecule has 1 amide bonds. The molecule has 0 aromatic carbocycles. The summed E-state index contributed by atoms with van der Waals surface area (Å²) in [6.07, 6.45) is 4.03. The van der Waals surface area contributed by atoms with Gasteiger partial charge in [0.25, 0.3) is 0 Å². The second kappa shape index (κ2) is 6.23. The third-order valence-corrected chi connectivity index (χ3v) is 3.52. The maximum Gasteiger partial charge on any atom is 0.239 e. The zero-order valence-electron chi connectivity index (χ0n) is 11.9. The number of aliphatic imine (C=N–C) groups is 1. The average molecular weight is 268 g/mol. The SMILES string of the molecule is CN=C(NCC(=O)NC(C)C)NC1CC2CCC1O2. The van der Waals surface area contributed by atoms with Crippen LogP contribution in [0.1, 0.15) is 33.1 Å². The van der Waals surface area contributed by atoms with Crippen LogP contribution in [0.3, 0.4) is 0 Å². The van der Waals surface area contributed by atoms with Gasteiger partial charge in [0, 0.05) is 13.1 Å². The van der Waals surface area contributed by atoms with E-state index in [-0.39, 0.29) is 18.5 Å². The van der Waals surface area contributed by atoms with Gasteiger partial charge in [0.05, 0.1) is 24.8 Å². The predicted octanol–water partition coefficient (Wildman–Crippen LogP) is -0.00410. The highest BCUT2D eigenvalue weighted by atomic mass is 16.5. The summed E-state index contributed by atoms with van der Waals surface area (Å²) < 4.78 is 5.78. The molecule has 2 fully saturated rings. The van der Waals surface area contributed by atoms with Gasteiger partial charge in [0.2, 0.25) is 5.91 Å². The highest BCUT2D eigenvalue weighted by Gasteiger charge is 2.41. The van der Waals surface area contributed by atoms with Crippen LogP contribution in [0, 0.1) is 0 Å². The Kier molecular flexibility index (Phi) is 4.63. The van der Waals surface area contributed by atoms with E-state index in [1.165, 1.54) is 6.42 Å². The third kappa shape index (κ3) is 3.83. The largest absolute Gasteiger partial charge is 0.373 e. The first-order chi connectivity index (χ1) is 9.08. The molecule has 2 aliphatic rings. The fraction of sp³-hybridized carbons (Fsp3) is 0.846. The summed E-state index contributed by atoms with van der Waals surface area (Å²) in [5.74, 6) is 0.641. The summed E-state index contributed by atoms with van der Waals surface area (Å²) in [7, 11) is 1.71. The molecule has 0 aromatic heterocycles. The number of fused-ring (bicyclic) bond motifs is 2. The molecule has 0 spiro atoms. The fourth-order valence-electron chi connectivity index (χ4n) is 2.70. The standard InChI is InChI=1S/C13H24N4O2/c1-8(2)16-12(18)7-15-13(14-3)17-10-6-9-4-5-11(10)19-9/h8-11H,4-7H2,1-3H3,(H,16,18)(H2,14,15,17). The lowest BCUT2D eigenvalue weighted by molar-refractivity contribution is -0.120. The number of ether oxygens (including phenoxy) is 1. The van der Waals surface area contributed by atoms with E-state index >= 15 is 0 Å². The van der Waals surface area contributed by atoms with Crippen LogP contribution in [0.4, 0.5) is 0 Å². The van der Waals surface area contributed by atoms with Crippen LogP contribution in [0.5, 0.6) is 0 Å². The molecule has 2 heterocycles. The lowest BCUT2D eigenvalue weighted by Crippen LogP contribution is -2.50. The van der Waals surface area contributed by atoms with Crippen LogP contribution in [0.25, 0.3) is 0 Å². The number of hydrogen-bond acceptors (Lipinski definition) is 3. The first-order valence-electron chi connectivity index (χ1n) is 7.00. The van der Waals surface area contributed by atoms with Crippen molar-refractivity contribution >= 4 is 11.9 Å². The van der Waals surface area contributed by atoms with Gasteiger partial charge in [0.1, 0.15) is 0 Å². The first kappa shape index (κ1) is 14.1. The Balaban J connectivity index is 1.73. The van der Waals surface area contributed by atoms with Crippen LogP contribution in [0.15, 0.2) is 4.99 Å². The van der Waals surface area contributed by atoms with E-state index in [9.17, 15) is 4.79 Å². The fourth-order valence-corrected chi connectivity index (χ4v) is 2.70. The zero-order valence-corrected chi connectivity index (χ0v) is 11.9. The van der Waals surface area contributed by atoms with Crippen LogP contribution >= 0.6 is 0 Å². The lowest BCUT2D eigenvalue weighted by Gasteiger charge is -2.22. The van der Waals surface area contributed by atoms with E-state index in [0.717, 1.165) is 12.8 Å². The molecule has 3 N–H and O–H groups in total. The molecular formula is C13H24N4O2. The molecule has 0 saturated carbocycles. The molecule has 3 atom stereocenters. The number of nitrogens with one attached hydrogen (secondary N) is 3. The Morgan fingerprint density at radius 3 is 2.74 bits per heavy atom. The van der Waals surface area contributed by atoms with Crippen molar-refractivity contribution in [3.63, 3.8) is 0 Å². The second-order valence-corrected chi connectivity index (χ2v) is 5.51. The Labute approximate surface area is 114 Å². The second-order valence-electron chi connectivity index (χ2n) is 5.51. The number of amides is 1. The van der Waals surface area contributed by atoms with Crippen molar-refractivity contribution in [2.45, 2.75) is 57.4 Å². The highest BCUT2D eigenvalue weighted by molar-refractivity contribution is 5.86. The molecule has 2 bridgehead atoms. The Morgan fingerprint density at radius 1 is 1.42 bits per heavy atom. The number of carbonyl (C=O) groups is 1. The molecule has 2 saturated heterocycles. The van der Waals surface area contributed by atoms with E-state index in [1.54, 1.807) is 7.05 Å². The molecule has 0 radical (unpaired) electrons. The van der Waals surface area contributed by atoms with Gasteiger partial charge in [-0.25, -0.2) is 0 Å². The predicted molar refractivity (Wildman–Crippen MR) is 74.1 cm³/mol. The zero-order chi connectivity index (χ0) is 13.8. The average Bonchev–Trinajstić information content (AvgIpc) is 2.95. The highest BCUT2D eigenvalue weighted by Crippen LogP contribution is 2.34. The van der Waals surface area contributed by atoms with E-state index in [4.69, 9.17) is 4.74 Å². The van der Waals surface area contributed by atoms with Crippen molar-refractivity contribution in [2.24, 2.45) is 4.99 Å². The van der Waals surface area contributed by atoms with Gasteiger partial charge in [-0.2, -0.15) is 0 Å². The number of carbonyl (C=O) groups excluding carboxylic acids is 1. The van der Waals surface area contributed by atoms with Crippen LogP contribution in [-0.2, 0) is 9.53 Å². The van der Waals surface area contributed by atoms with E-state index in [1.807, 2.05) is 13.8 Å². The summed E-state index contributed by atoms with van der Waals surface area (Å²) in [5, 5.41) is 9.21. The van der Waals surface area contributed by atoms with Gasteiger partial charge in [0.15, 0.2) is 5.96 Å². The molecule has 0 aliphatic carbocycles. The van der Waals surface area contributed by atoms with Crippen LogP contribution in [-0.4, -0.2) is 49.8 Å². The number of guanidine groups is 1. The summed E-state index contributed by atoms with van der Waals surface area (Å²) in [5.41, 5.74) is 0. The van der Waals surface area contributed by atoms with Gasteiger partial charge in [-0.15, -0.1) is 0 Å². The van der Waals surface area contributed by atoms with Crippen molar-refractivity contribution in [2.75, 3.05) is 13.6 Å². The quantitative estimate of drug-likeness (QED) is 0.495. The Morgan fingerprint density at radius 2 is 2.21 bits per heavy atom. The molecule has 19 heavy (non-hydrogen) atoms. The maximum atomic E-state index is 11.6. The molecular weight excluding hydrogens is 244 g/mol. The topological polar surface area (TPSA) is 74.8 Å². The van der Waals surface area contributed by atoms with Crippen LogP contribution < -0.4 is 16.0 Å². The minimum Gasteiger partial charge on any atom is -0.373 e. The van der Waals surface area contributed by atoms with Gasteiger partial charge >= 0.3 is 0 Å². The Bertz CT molecular complexity index is 357. The monoisotopic (exact) mass is 268 g/mol. The van der Waals surface area contributed by atoms with E-state index in [2.05, 4.69) is 20.9 Å². The maximum absolute atomic E-state index is 11.6. The Hall–Kier alpha value is -1.30. The smallest absolute Gasteiger partial charge is 0.239 e. The van der Waals surface area contributed by atoms with Gasteiger partial charge in [-0.1, -0.05) is 0 Å².